The molecule has 1 atom stereocenters. The van der Waals surface area contributed by atoms with Gasteiger partial charge in [0.15, 0.2) is 0 Å². The van der Waals surface area contributed by atoms with Crippen molar-refractivity contribution in [3.8, 4) is 0 Å². The average molecular weight is 321 g/mol. The zero-order chi connectivity index (χ0) is 15.9. The maximum atomic E-state index is 10.7. The first-order chi connectivity index (χ1) is 10.6. The zero-order valence-corrected chi connectivity index (χ0v) is 12.9. The molecule has 0 bridgehead atoms. The van der Waals surface area contributed by atoms with Gasteiger partial charge in [0.25, 0.3) is 5.69 Å². The van der Waals surface area contributed by atoms with Crippen molar-refractivity contribution in [2.45, 2.75) is 12.5 Å². The van der Waals surface area contributed by atoms with Crippen molar-refractivity contribution in [2.24, 2.45) is 0 Å². The van der Waals surface area contributed by atoms with Gasteiger partial charge in [0, 0.05) is 36.6 Å². The van der Waals surface area contributed by atoms with E-state index in [1.54, 1.807) is 19.2 Å². The van der Waals surface area contributed by atoms with Crippen LogP contribution in [-0.2, 0) is 4.74 Å². The number of nitro benzene ring substituents is 1. The molecule has 0 saturated heterocycles. The van der Waals surface area contributed by atoms with E-state index in [4.69, 9.17) is 16.3 Å². The van der Waals surface area contributed by atoms with Crippen molar-refractivity contribution in [1.82, 2.24) is 0 Å². The van der Waals surface area contributed by atoms with Crippen molar-refractivity contribution in [2.75, 3.05) is 19.0 Å². The highest BCUT2D eigenvalue weighted by Gasteiger charge is 2.12. The van der Waals surface area contributed by atoms with Crippen LogP contribution in [0.5, 0.6) is 0 Å². The van der Waals surface area contributed by atoms with E-state index in [1.807, 2.05) is 24.3 Å². The van der Waals surface area contributed by atoms with Gasteiger partial charge in [-0.2, -0.15) is 0 Å². The van der Waals surface area contributed by atoms with E-state index >= 15 is 0 Å². The second-order valence-electron chi connectivity index (χ2n) is 4.83. The molecule has 0 spiro atoms. The van der Waals surface area contributed by atoms with Gasteiger partial charge < -0.3 is 10.1 Å². The summed E-state index contributed by atoms with van der Waals surface area (Å²) in [6, 6.07) is 14.0. The largest absolute Gasteiger partial charge is 0.385 e. The van der Waals surface area contributed by atoms with E-state index in [0.29, 0.717) is 11.6 Å². The number of benzene rings is 2. The summed E-state index contributed by atoms with van der Waals surface area (Å²) >= 11 is 5.92. The number of nitrogens with zero attached hydrogens (tertiary/aromatic N) is 1. The normalized spacial score (nSPS) is 11.9. The highest BCUT2D eigenvalue weighted by Crippen LogP contribution is 2.25. The second kappa shape index (κ2) is 7.77. The molecule has 0 radical (unpaired) electrons. The maximum Gasteiger partial charge on any atom is 0.269 e. The minimum Gasteiger partial charge on any atom is -0.385 e. The number of nitrogens with one attached hydrogen (secondary N) is 1. The molecule has 1 unspecified atom stereocenters. The molecule has 0 aliphatic rings. The third-order valence-electron chi connectivity index (χ3n) is 3.30. The molecule has 0 aliphatic heterocycles. The molecule has 22 heavy (non-hydrogen) atoms. The monoisotopic (exact) mass is 320 g/mol. The number of hydrogen-bond donors (Lipinski definition) is 1. The molecule has 0 amide bonds. The number of hydrogen-bond acceptors (Lipinski definition) is 4. The predicted molar refractivity (Wildman–Crippen MR) is 87.4 cm³/mol. The number of anilines is 1. The van der Waals surface area contributed by atoms with Gasteiger partial charge in [0.05, 0.1) is 11.0 Å². The first-order valence-corrected chi connectivity index (χ1v) is 7.23. The van der Waals surface area contributed by atoms with Crippen molar-refractivity contribution < 1.29 is 9.66 Å². The minimum absolute atomic E-state index is 0.0404. The lowest BCUT2D eigenvalue weighted by atomic mass is 10.0. The summed E-state index contributed by atoms with van der Waals surface area (Å²) in [5.74, 6) is 0. The van der Waals surface area contributed by atoms with E-state index in [2.05, 4.69) is 5.32 Å². The van der Waals surface area contributed by atoms with Crippen molar-refractivity contribution >= 4 is 23.0 Å². The van der Waals surface area contributed by atoms with E-state index in [1.165, 1.54) is 12.1 Å². The molecule has 116 valence electrons. The average Bonchev–Trinajstić information content (AvgIpc) is 2.52. The smallest absolute Gasteiger partial charge is 0.269 e. The van der Waals surface area contributed by atoms with Crippen molar-refractivity contribution in [3.05, 3.63) is 69.2 Å². The number of non-ortho nitro benzene ring substituents is 1. The Kier molecular flexibility index (Phi) is 5.75. The number of methoxy groups -OCH3 is 1. The van der Waals surface area contributed by atoms with Crippen LogP contribution in [0.25, 0.3) is 0 Å². The Labute approximate surface area is 134 Å². The SMILES string of the molecule is COCCC(Nc1ccc([N+](=O)[O-])cc1)c1ccc(Cl)cc1. The van der Waals surface area contributed by atoms with Crippen LogP contribution in [0.15, 0.2) is 48.5 Å². The molecule has 0 aromatic heterocycles. The van der Waals surface area contributed by atoms with Crippen LogP contribution in [0.3, 0.4) is 0 Å². The zero-order valence-electron chi connectivity index (χ0n) is 12.2. The molecule has 0 fully saturated rings. The Morgan fingerprint density at radius 3 is 2.36 bits per heavy atom. The number of nitro groups is 1. The van der Waals surface area contributed by atoms with Gasteiger partial charge in [0.2, 0.25) is 0 Å². The van der Waals surface area contributed by atoms with Crippen LogP contribution >= 0.6 is 11.6 Å². The molecular weight excluding hydrogens is 304 g/mol. The molecule has 1 N–H and O–H groups in total. The van der Waals surface area contributed by atoms with Gasteiger partial charge >= 0.3 is 0 Å². The summed E-state index contributed by atoms with van der Waals surface area (Å²) in [5, 5.41) is 14.7. The fourth-order valence-electron chi connectivity index (χ4n) is 2.13. The second-order valence-corrected chi connectivity index (χ2v) is 5.27. The fraction of sp³-hybridized carbons (Fsp3) is 0.250. The Morgan fingerprint density at radius 2 is 1.82 bits per heavy atom. The third kappa shape index (κ3) is 4.44. The molecule has 0 aliphatic carbocycles. The van der Waals surface area contributed by atoms with E-state index in [-0.39, 0.29) is 11.7 Å². The van der Waals surface area contributed by atoms with Gasteiger partial charge in [0.1, 0.15) is 0 Å². The van der Waals surface area contributed by atoms with E-state index in [9.17, 15) is 10.1 Å². The van der Waals surface area contributed by atoms with Crippen LogP contribution in [0, 0.1) is 10.1 Å². The van der Waals surface area contributed by atoms with Crippen LogP contribution in [0.1, 0.15) is 18.0 Å². The maximum absolute atomic E-state index is 10.7. The van der Waals surface area contributed by atoms with Crippen LogP contribution < -0.4 is 5.32 Å². The summed E-state index contributed by atoms with van der Waals surface area (Å²) in [7, 11) is 1.66. The summed E-state index contributed by atoms with van der Waals surface area (Å²) in [4.78, 5) is 10.3. The lowest BCUT2D eigenvalue weighted by Gasteiger charge is -2.20. The molecule has 2 aromatic rings. The Balaban J connectivity index is 2.15. The van der Waals surface area contributed by atoms with Gasteiger partial charge in [-0.05, 0) is 36.2 Å². The highest BCUT2D eigenvalue weighted by molar-refractivity contribution is 6.30. The standard InChI is InChI=1S/C16H17ClN2O3/c1-22-11-10-16(12-2-4-13(17)5-3-12)18-14-6-8-15(9-7-14)19(20)21/h2-9,16,18H,10-11H2,1H3. The summed E-state index contributed by atoms with van der Waals surface area (Å²) in [6.07, 6.45) is 0.773. The molecule has 2 rings (SSSR count). The quantitative estimate of drug-likeness (QED) is 0.605. The summed E-state index contributed by atoms with van der Waals surface area (Å²) in [6.45, 7) is 0.604. The molecule has 0 saturated carbocycles. The number of rotatable bonds is 7. The first-order valence-electron chi connectivity index (χ1n) is 6.85. The summed E-state index contributed by atoms with van der Waals surface area (Å²) in [5.41, 5.74) is 1.98. The molecular formula is C16H17ClN2O3. The van der Waals surface area contributed by atoms with E-state index < -0.39 is 4.92 Å². The van der Waals surface area contributed by atoms with Gasteiger partial charge in [-0.15, -0.1) is 0 Å². The molecule has 0 heterocycles. The van der Waals surface area contributed by atoms with Gasteiger partial charge in [-0.1, -0.05) is 23.7 Å². The van der Waals surface area contributed by atoms with Gasteiger partial charge in [-0.3, -0.25) is 10.1 Å². The van der Waals surface area contributed by atoms with E-state index in [0.717, 1.165) is 17.7 Å². The molecule has 6 heteroatoms. The molecule has 5 nitrogen and oxygen atoms in total. The lowest BCUT2D eigenvalue weighted by molar-refractivity contribution is -0.384. The van der Waals surface area contributed by atoms with Crippen molar-refractivity contribution in [1.29, 1.82) is 0 Å². The Bertz CT molecular complexity index is 614. The summed E-state index contributed by atoms with van der Waals surface area (Å²) < 4.78 is 5.15. The third-order valence-corrected chi connectivity index (χ3v) is 3.55. The minimum atomic E-state index is -0.411. The highest BCUT2D eigenvalue weighted by atomic mass is 35.5. The Hall–Kier alpha value is -2.11. The predicted octanol–water partition coefficient (Wildman–Crippen LogP) is 4.44. The fourth-order valence-corrected chi connectivity index (χ4v) is 2.26. The number of ether oxygens (including phenoxy) is 1. The lowest BCUT2D eigenvalue weighted by Crippen LogP contribution is -2.13. The molecule has 2 aromatic carbocycles. The van der Waals surface area contributed by atoms with Crippen LogP contribution in [0.2, 0.25) is 5.02 Å². The topological polar surface area (TPSA) is 64.4 Å². The number of halogens is 1. The van der Waals surface area contributed by atoms with Gasteiger partial charge in [-0.25, -0.2) is 0 Å². The first kappa shape index (κ1) is 16.3. The Morgan fingerprint density at radius 1 is 1.18 bits per heavy atom. The van der Waals surface area contributed by atoms with Crippen LogP contribution in [0.4, 0.5) is 11.4 Å². The van der Waals surface area contributed by atoms with Crippen LogP contribution in [-0.4, -0.2) is 18.6 Å². The van der Waals surface area contributed by atoms with Crippen molar-refractivity contribution in [3.63, 3.8) is 0 Å².